The molecule has 0 aliphatic heterocycles. The minimum absolute atomic E-state index is 0.0789. The van der Waals surface area contributed by atoms with Crippen molar-refractivity contribution in [3.63, 3.8) is 0 Å². The van der Waals surface area contributed by atoms with Gasteiger partial charge in [-0.15, -0.1) is 0 Å². The van der Waals surface area contributed by atoms with Gasteiger partial charge in [0.1, 0.15) is 0 Å². The van der Waals surface area contributed by atoms with Gasteiger partial charge in [0.15, 0.2) is 0 Å². The van der Waals surface area contributed by atoms with Gasteiger partial charge in [0.2, 0.25) is 0 Å². The Kier molecular flexibility index (Phi) is 5.83. The highest BCUT2D eigenvalue weighted by molar-refractivity contribution is 5.94. The molecule has 1 aromatic carbocycles. The predicted octanol–water partition coefficient (Wildman–Crippen LogP) is 2.68. The molecule has 1 N–H and O–H groups in total. The van der Waals surface area contributed by atoms with Crippen LogP contribution in [0.2, 0.25) is 0 Å². The summed E-state index contributed by atoms with van der Waals surface area (Å²) in [5.41, 5.74) is 1.58. The molecule has 2 rings (SSSR count). The van der Waals surface area contributed by atoms with Crippen LogP contribution < -0.4 is 0 Å². The van der Waals surface area contributed by atoms with Gasteiger partial charge in [-0.05, 0) is 43.0 Å². The maximum Gasteiger partial charge on any atom is 0.253 e. The maximum atomic E-state index is 12.4. The number of carbonyl (C=O) groups is 1. The van der Waals surface area contributed by atoms with Crippen molar-refractivity contribution >= 4 is 5.91 Å². The summed E-state index contributed by atoms with van der Waals surface area (Å²) in [7, 11) is 1.88. The van der Waals surface area contributed by atoms with E-state index in [0.29, 0.717) is 17.9 Å². The smallest absolute Gasteiger partial charge is 0.253 e. The standard InChI is InChI=1S/C18H23NO2/c1-19(14-16-7-2-3-8-16)18(21)17-11-9-15(10-12-17)6-4-5-13-20/h9-12,16,20H,2-3,5,7-8,13-14H2,1H3. The van der Waals surface area contributed by atoms with Crippen LogP contribution in [0.15, 0.2) is 24.3 Å². The van der Waals surface area contributed by atoms with Gasteiger partial charge in [0.25, 0.3) is 5.91 Å². The van der Waals surface area contributed by atoms with Crippen molar-refractivity contribution in [1.29, 1.82) is 0 Å². The molecule has 1 aromatic rings. The van der Waals surface area contributed by atoms with Gasteiger partial charge in [-0.1, -0.05) is 24.7 Å². The van der Waals surface area contributed by atoms with E-state index in [0.717, 1.165) is 12.1 Å². The van der Waals surface area contributed by atoms with E-state index in [1.54, 1.807) is 0 Å². The van der Waals surface area contributed by atoms with E-state index in [1.807, 2.05) is 36.2 Å². The summed E-state index contributed by atoms with van der Waals surface area (Å²) in [5, 5.41) is 8.69. The minimum atomic E-state index is 0.0789. The van der Waals surface area contributed by atoms with Crippen LogP contribution in [0.4, 0.5) is 0 Å². The molecule has 0 heterocycles. The molecule has 0 bridgehead atoms. The molecular formula is C18H23NO2. The number of nitrogens with zero attached hydrogens (tertiary/aromatic N) is 1. The fourth-order valence-corrected chi connectivity index (χ4v) is 2.80. The molecule has 0 aromatic heterocycles. The van der Waals surface area contributed by atoms with Crippen molar-refractivity contribution in [3.05, 3.63) is 35.4 Å². The van der Waals surface area contributed by atoms with E-state index >= 15 is 0 Å². The Labute approximate surface area is 127 Å². The average molecular weight is 285 g/mol. The van der Waals surface area contributed by atoms with Crippen LogP contribution in [0.3, 0.4) is 0 Å². The number of carbonyl (C=O) groups excluding carboxylic acids is 1. The number of hydrogen-bond acceptors (Lipinski definition) is 2. The van der Waals surface area contributed by atoms with Crippen LogP contribution in [0.1, 0.15) is 48.0 Å². The van der Waals surface area contributed by atoms with Crippen molar-refractivity contribution in [2.45, 2.75) is 32.1 Å². The van der Waals surface area contributed by atoms with Crippen LogP contribution in [-0.2, 0) is 0 Å². The average Bonchev–Trinajstić information content (AvgIpc) is 3.00. The number of aliphatic hydroxyl groups is 1. The van der Waals surface area contributed by atoms with Crippen LogP contribution in [0, 0.1) is 17.8 Å². The molecule has 0 atom stereocenters. The highest BCUT2D eigenvalue weighted by Crippen LogP contribution is 2.25. The summed E-state index contributed by atoms with van der Waals surface area (Å²) in [4.78, 5) is 14.2. The fourth-order valence-electron chi connectivity index (χ4n) is 2.80. The molecule has 1 amide bonds. The zero-order valence-corrected chi connectivity index (χ0v) is 12.6. The van der Waals surface area contributed by atoms with Crippen molar-refractivity contribution < 1.29 is 9.90 Å². The Morgan fingerprint density at radius 2 is 1.95 bits per heavy atom. The minimum Gasteiger partial charge on any atom is -0.395 e. The second-order valence-corrected chi connectivity index (χ2v) is 5.69. The Hall–Kier alpha value is -1.79. The highest BCUT2D eigenvalue weighted by Gasteiger charge is 2.20. The van der Waals surface area contributed by atoms with Crippen LogP contribution in [0.5, 0.6) is 0 Å². The van der Waals surface area contributed by atoms with Crippen molar-refractivity contribution in [2.75, 3.05) is 20.2 Å². The van der Waals surface area contributed by atoms with Gasteiger partial charge in [0.05, 0.1) is 6.61 Å². The molecule has 0 spiro atoms. The normalized spacial score (nSPS) is 14.6. The van der Waals surface area contributed by atoms with Gasteiger partial charge in [-0.3, -0.25) is 4.79 Å². The summed E-state index contributed by atoms with van der Waals surface area (Å²) in [6, 6.07) is 7.38. The topological polar surface area (TPSA) is 40.5 Å². The summed E-state index contributed by atoms with van der Waals surface area (Å²) in [6.45, 7) is 0.937. The molecule has 112 valence electrons. The summed E-state index contributed by atoms with van der Waals surface area (Å²) in [5.74, 6) is 6.59. The quantitative estimate of drug-likeness (QED) is 0.864. The Morgan fingerprint density at radius 1 is 1.29 bits per heavy atom. The third-order valence-corrected chi connectivity index (χ3v) is 3.95. The Balaban J connectivity index is 1.94. The van der Waals surface area contributed by atoms with E-state index < -0.39 is 0 Å². The largest absolute Gasteiger partial charge is 0.395 e. The number of aliphatic hydroxyl groups excluding tert-OH is 1. The zero-order chi connectivity index (χ0) is 15.1. The molecular weight excluding hydrogens is 262 g/mol. The molecule has 0 unspecified atom stereocenters. The van der Waals surface area contributed by atoms with Crippen LogP contribution in [-0.4, -0.2) is 36.1 Å². The lowest BCUT2D eigenvalue weighted by Gasteiger charge is -2.21. The van der Waals surface area contributed by atoms with Crippen LogP contribution >= 0.6 is 0 Å². The molecule has 3 heteroatoms. The van der Waals surface area contributed by atoms with Crippen molar-refractivity contribution in [2.24, 2.45) is 5.92 Å². The molecule has 0 radical (unpaired) electrons. The first-order valence-corrected chi connectivity index (χ1v) is 7.66. The number of rotatable bonds is 4. The summed E-state index contributed by atoms with van der Waals surface area (Å²) < 4.78 is 0. The van der Waals surface area contributed by atoms with Gasteiger partial charge in [-0.25, -0.2) is 0 Å². The summed E-state index contributed by atoms with van der Waals surface area (Å²) in [6.07, 6.45) is 5.57. The Bertz CT molecular complexity index is 518. The lowest BCUT2D eigenvalue weighted by molar-refractivity contribution is 0.0773. The third-order valence-electron chi connectivity index (χ3n) is 3.95. The second-order valence-electron chi connectivity index (χ2n) is 5.69. The van der Waals surface area contributed by atoms with Crippen molar-refractivity contribution in [1.82, 2.24) is 4.90 Å². The predicted molar refractivity (Wildman–Crippen MR) is 83.9 cm³/mol. The van der Waals surface area contributed by atoms with Gasteiger partial charge < -0.3 is 10.0 Å². The van der Waals surface area contributed by atoms with Crippen LogP contribution in [0.25, 0.3) is 0 Å². The molecule has 1 aliphatic carbocycles. The monoisotopic (exact) mass is 285 g/mol. The molecule has 0 saturated heterocycles. The Morgan fingerprint density at radius 3 is 2.57 bits per heavy atom. The molecule has 1 aliphatic rings. The van der Waals surface area contributed by atoms with E-state index in [9.17, 15) is 4.79 Å². The first-order valence-electron chi connectivity index (χ1n) is 7.66. The zero-order valence-electron chi connectivity index (χ0n) is 12.6. The van der Waals surface area contributed by atoms with Gasteiger partial charge >= 0.3 is 0 Å². The number of amides is 1. The molecule has 1 saturated carbocycles. The van der Waals surface area contributed by atoms with E-state index in [-0.39, 0.29) is 12.5 Å². The second kappa shape index (κ2) is 7.85. The lowest BCUT2D eigenvalue weighted by Crippen LogP contribution is -2.31. The summed E-state index contributed by atoms with van der Waals surface area (Å²) >= 11 is 0. The van der Waals surface area contributed by atoms with E-state index in [4.69, 9.17) is 5.11 Å². The molecule has 3 nitrogen and oxygen atoms in total. The lowest BCUT2D eigenvalue weighted by atomic mass is 10.1. The van der Waals surface area contributed by atoms with Gasteiger partial charge in [0, 0.05) is 31.1 Å². The molecule has 1 fully saturated rings. The SMILES string of the molecule is CN(CC1CCCC1)C(=O)c1ccc(C#CCCO)cc1. The maximum absolute atomic E-state index is 12.4. The first kappa shape index (κ1) is 15.6. The fraction of sp³-hybridized carbons (Fsp3) is 0.500. The van der Waals surface area contributed by atoms with E-state index in [1.165, 1.54) is 25.7 Å². The third kappa shape index (κ3) is 4.61. The number of benzene rings is 1. The van der Waals surface area contributed by atoms with Gasteiger partial charge in [-0.2, -0.15) is 0 Å². The van der Waals surface area contributed by atoms with E-state index in [2.05, 4.69) is 11.8 Å². The number of hydrogen-bond donors (Lipinski definition) is 1. The highest BCUT2D eigenvalue weighted by atomic mass is 16.2. The van der Waals surface area contributed by atoms with Crippen molar-refractivity contribution in [3.8, 4) is 11.8 Å². The molecule has 21 heavy (non-hydrogen) atoms. The first-order chi connectivity index (χ1) is 10.2.